The molecular formula is C18H23NO2. The SMILES string of the molecule is CCCCC/C=C1\C(=O)N(c2ccc(C)cc2)C(=O)C1C. The van der Waals surface area contributed by atoms with Crippen molar-refractivity contribution in [2.24, 2.45) is 5.92 Å². The van der Waals surface area contributed by atoms with Crippen LogP contribution in [0, 0.1) is 12.8 Å². The Morgan fingerprint density at radius 1 is 1.14 bits per heavy atom. The van der Waals surface area contributed by atoms with Gasteiger partial charge in [-0.1, -0.05) is 43.5 Å². The van der Waals surface area contributed by atoms with Crippen LogP contribution in [0.2, 0.25) is 0 Å². The van der Waals surface area contributed by atoms with Crippen LogP contribution in [0.25, 0.3) is 0 Å². The Morgan fingerprint density at radius 3 is 2.43 bits per heavy atom. The van der Waals surface area contributed by atoms with Gasteiger partial charge in [0.15, 0.2) is 0 Å². The number of imide groups is 1. The predicted molar refractivity (Wildman–Crippen MR) is 85.1 cm³/mol. The molecule has 1 saturated heterocycles. The molecule has 0 spiro atoms. The molecule has 21 heavy (non-hydrogen) atoms. The fraction of sp³-hybridized carbons (Fsp3) is 0.444. The zero-order valence-electron chi connectivity index (χ0n) is 13.1. The number of anilines is 1. The van der Waals surface area contributed by atoms with Gasteiger partial charge >= 0.3 is 0 Å². The molecule has 0 radical (unpaired) electrons. The van der Waals surface area contributed by atoms with E-state index in [1.165, 1.54) is 4.90 Å². The fourth-order valence-corrected chi connectivity index (χ4v) is 2.60. The third-order valence-corrected chi connectivity index (χ3v) is 3.97. The summed E-state index contributed by atoms with van der Waals surface area (Å²) in [5, 5.41) is 0. The minimum Gasteiger partial charge on any atom is -0.273 e. The molecule has 0 aromatic heterocycles. The third kappa shape index (κ3) is 3.23. The van der Waals surface area contributed by atoms with Gasteiger partial charge in [0.25, 0.3) is 5.91 Å². The van der Waals surface area contributed by atoms with Crippen molar-refractivity contribution in [2.45, 2.75) is 46.5 Å². The number of amides is 2. The van der Waals surface area contributed by atoms with E-state index >= 15 is 0 Å². The second kappa shape index (κ2) is 6.70. The smallest absolute Gasteiger partial charge is 0.261 e. The van der Waals surface area contributed by atoms with Crippen molar-refractivity contribution < 1.29 is 9.59 Å². The van der Waals surface area contributed by atoms with Gasteiger partial charge in [-0.05, 0) is 38.8 Å². The first-order valence-electron chi connectivity index (χ1n) is 7.71. The molecule has 112 valence electrons. The van der Waals surface area contributed by atoms with E-state index in [2.05, 4.69) is 6.92 Å². The van der Waals surface area contributed by atoms with Crippen LogP contribution in [0.15, 0.2) is 35.9 Å². The first-order chi connectivity index (χ1) is 10.1. The standard InChI is InChI=1S/C18H23NO2/c1-4-5-6-7-8-16-14(3)17(20)19(18(16)21)15-11-9-13(2)10-12-15/h8-12,14H,4-7H2,1-3H3/b16-8-. The first kappa shape index (κ1) is 15.5. The summed E-state index contributed by atoms with van der Waals surface area (Å²) in [6, 6.07) is 7.50. The summed E-state index contributed by atoms with van der Waals surface area (Å²) in [5.41, 5.74) is 2.43. The largest absolute Gasteiger partial charge is 0.273 e. The minimum atomic E-state index is -0.333. The molecular weight excluding hydrogens is 262 g/mol. The van der Waals surface area contributed by atoms with Crippen molar-refractivity contribution in [3.8, 4) is 0 Å². The van der Waals surface area contributed by atoms with Gasteiger partial charge in [-0.15, -0.1) is 0 Å². The molecule has 1 aromatic rings. The lowest BCUT2D eigenvalue weighted by atomic mass is 10.0. The Balaban J connectivity index is 2.20. The second-order valence-corrected chi connectivity index (χ2v) is 5.69. The van der Waals surface area contributed by atoms with Crippen LogP contribution < -0.4 is 4.90 Å². The van der Waals surface area contributed by atoms with Crippen LogP contribution in [0.4, 0.5) is 5.69 Å². The van der Waals surface area contributed by atoms with E-state index in [0.717, 1.165) is 31.2 Å². The quantitative estimate of drug-likeness (QED) is 0.465. The molecule has 1 heterocycles. The summed E-state index contributed by atoms with van der Waals surface area (Å²) >= 11 is 0. The van der Waals surface area contributed by atoms with Crippen LogP contribution in [-0.4, -0.2) is 11.8 Å². The molecule has 1 aliphatic heterocycles. The van der Waals surface area contributed by atoms with E-state index < -0.39 is 0 Å². The summed E-state index contributed by atoms with van der Waals surface area (Å²) in [6.45, 7) is 5.96. The van der Waals surface area contributed by atoms with Crippen molar-refractivity contribution in [1.29, 1.82) is 0 Å². The fourth-order valence-electron chi connectivity index (χ4n) is 2.60. The highest BCUT2D eigenvalue weighted by Gasteiger charge is 2.40. The molecule has 0 aliphatic carbocycles. The van der Waals surface area contributed by atoms with Gasteiger partial charge in [0, 0.05) is 5.57 Å². The highest BCUT2D eigenvalue weighted by molar-refractivity contribution is 6.29. The first-order valence-corrected chi connectivity index (χ1v) is 7.71. The molecule has 3 nitrogen and oxygen atoms in total. The maximum atomic E-state index is 12.5. The van der Waals surface area contributed by atoms with E-state index in [1.54, 1.807) is 0 Å². The molecule has 3 heteroatoms. The molecule has 0 bridgehead atoms. The van der Waals surface area contributed by atoms with Crippen molar-refractivity contribution in [2.75, 3.05) is 4.90 Å². The number of rotatable bonds is 5. The minimum absolute atomic E-state index is 0.120. The number of nitrogens with zero attached hydrogens (tertiary/aromatic N) is 1. The van der Waals surface area contributed by atoms with E-state index in [-0.39, 0.29) is 17.7 Å². The molecule has 1 fully saturated rings. The molecule has 1 aromatic carbocycles. The topological polar surface area (TPSA) is 37.4 Å². The summed E-state index contributed by atoms with van der Waals surface area (Å²) in [4.78, 5) is 26.2. The molecule has 1 aliphatic rings. The number of hydrogen-bond acceptors (Lipinski definition) is 2. The molecule has 2 rings (SSSR count). The van der Waals surface area contributed by atoms with Gasteiger partial charge < -0.3 is 0 Å². The van der Waals surface area contributed by atoms with E-state index in [0.29, 0.717) is 11.3 Å². The number of carbonyl (C=O) groups is 2. The monoisotopic (exact) mass is 285 g/mol. The van der Waals surface area contributed by atoms with Gasteiger partial charge in [0.05, 0.1) is 11.6 Å². The number of hydrogen-bond donors (Lipinski definition) is 0. The van der Waals surface area contributed by atoms with Crippen LogP contribution in [-0.2, 0) is 9.59 Å². The summed E-state index contributed by atoms with van der Waals surface area (Å²) in [6.07, 6.45) is 6.20. The molecule has 0 N–H and O–H groups in total. The molecule has 0 saturated carbocycles. The molecule has 1 atom stereocenters. The Bertz CT molecular complexity index is 557. The van der Waals surface area contributed by atoms with Gasteiger partial charge in [0.1, 0.15) is 0 Å². The number of unbranched alkanes of at least 4 members (excludes halogenated alkanes) is 3. The third-order valence-electron chi connectivity index (χ3n) is 3.97. The predicted octanol–water partition coefficient (Wildman–Crippen LogP) is 4.01. The maximum Gasteiger partial charge on any atom is 0.261 e. The Morgan fingerprint density at radius 2 is 1.81 bits per heavy atom. The maximum absolute atomic E-state index is 12.5. The summed E-state index contributed by atoms with van der Waals surface area (Å²) in [7, 11) is 0. The van der Waals surface area contributed by atoms with E-state index in [9.17, 15) is 9.59 Å². The second-order valence-electron chi connectivity index (χ2n) is 5.69. The van der Waals surface area contributed by atoms with Crippen LogP contribution >= 0.6 is 0 Å². The van der Waals surface area contributed by atoms with Crippen molar-refractivity contribution in [1.82, 2.24) is 0 Å². The number of aryl methyl sites for hydroxylation is 1. The highest BCUT2D eigenvalue weighted by Crippen LogP contribution is 2.30. The normalized spacial score (nSPS) is 20.6. The average molecular weight is 285 g/mol. The van der Waals surface area contributed by atoms with E-state index in [1.807, 2.05) is 44.2 Å². The molecule has 1 unspecified atom stereocenters. The van der Waals surface area contributed by atoms with Gasteiger partial charge in [0.2, 0.25) is 5.91 Å². The van der Waals surface area contributed by atoms with Crippen molar-refractivity contribution >= 4 is 17.5 Å². The zero-order valence-corrected chi connectivity index (χ0v) is 13.1. The lowest BCUT2D eigenvalue weighted by Crippen LogP contribution is -2.30. The van der Waals surface area contributed by atoms with Crippen LogP contribution in [0.5, 0.6) is 0 Å². The number of allylic oxidation sites excluding steroid dienone is 1. The van der Waals surface area contributed by atoms with Gasteiger partial charge in [-0.25, -0.2) is 4.90 Å². The lowest BCUT2D eigenvalue weighted by molar-refractivity contribution is -0.122. The highest BCUT2D eigenvalue weighted by atomic mass is 16.2. The van der Waals surface area contributed by atoms with Gasteiger partial charge in [-0.2, -0.15) is 0 Å². The summed E-state index contributed by atoms with van der Waals surface area (Å²) < 4.78 is 0. The van der Waals surface area contributed by atoms with Crippen LogP contribution in [0.3, 0.4) is 0 Å². The average Bonchev–Trinajstić information content (AvgIpc) is 2.68. The van der Waals surface area contributed by atoms with Crippen molar-refractivity contribution in [3.63, 3.8) is 0 Å². The lowest BCUT2D eigenvalue weighted by Gasteiger charge is -2.13. The Labute approximate surface area is 126 Å². The molecule has 2 amide bonds. The Kier molecular flexibility index (Phi) is 4.94. The van der Waals surface area contributed by atoms with E-state index in [4.69, 9.17) is 0 Å². The zero-order chi connectivity index (χ0) is 15.4. The number of carbonyl (C=O) groups excluding carboxylic acids is 2. The van der Waals surface area contributed by atoms with Crippen LogP contribution in [0.1, 0.15) is 45.1 Å². The number of benzene rings is 1. The van der Waals surface area contributed by atoms with Crippen molar-refractivity contribution in [3.05, 3.63) is 41.5 Å². The van der Waals surface area contributed by atoms with Gasteiger partial charge in [-0.3, -0.25) is 9.59 Å². The summed E-state index contributed by atoms with van der Waals surface area (Å²) in [5.74, 6) is -0.612. The Hall–Kier alpha value is -1.90.